The maximum atomic E-state index is 7.10. The maximum Gasteiger partial charge on any atom is 0.320 e. The molecule has 0 spiro atoms. The van der Waals surface area contributed by atoms with Crippen LogP contribution in [0, 0.1) is 0 Å². The molecule has 1 aromatic heterocycles. The highest BCUT2D eigenvalue weighted by molar-refractivity contribution is 7.00. The summed E-state index contributed by atoms with van der Waals surface area (Å²) < 4.78 is 12.8. The third-order valence-electron chi connectivity index (χ3n) is 5.39. The number of fused-ring (bicyclic) bond motifs is 1. The highest BCUT2D eigenvalue weighted by Crippen LogP contribution is 2.41. The average molecular weight is 403 g/mol. The molecule has 0 unspecified atom stereocenters. The van der Waals surface area contributed by atoms with Crippen LogP contribution in [0.2, 0.25) is 5.04 Å². The Morgan fingerprint density at radius 3 is 1.93 bits per heavy atom. The van der Waals surface area contributed by atoms with Crippen LogP contribution in [0.3, 0.4) is 0 Å². The van der Waals surface area contributed by atoms with Gasteiger partial charge in [-0.25, -0.2) is 4.98 Å². The molecule has 4 rings (SSSR count). The summed E-state index contributed by atoms with van der Waals surface area (Å²) in [5.74, 6) is 1.43. The standard InChI is InChI=1S/C24H26N2O2Si/c1-24(2,3)29(18-11-7-5-8-12-18,19-13-9-6-10-14-19)28-23-16-21-20(25-17-26-21)15-22(23)27-4/h5-17H,1-4H3,(H,25,26). The Bertz CT molecular complexity index is 1060. The molecule has 4 nitrogen and oxygen atoms in total. The quantitative estimate of drug-likeness (QED) is 0.500. The number of benzene rings is 3. The third-order valence-corrected chi connectivity index (χ3v) is 10.3. The molecule has 1 N–H and O–H groups in total. The number of hydrogen-bond acceptors (Lipinski definition) is 3. The molecule has 5 heteroatoms. The van der Waals surface area contributed by atoms with Crippen molar-refractivity contribution in [1.82, 2.24) is 9.97 Å². The number of rotatable bonds is 5. The van der Waals surface area contributed by atoms with E-state index in [1.54, 1.807) is 13.4 Å². The number of hydrogen-bond donors (Lipinski definition) is 1. The summed E-state index contributed by atoms with van der Waals surface area (Å²) in [6.45, 7) is 6.79. The zero-order chi connectivity index (χ0) is 20.5. The van der Waals surface area contributed by atoms with Gasteiger partial charge in [0.25, 0.3) is 0 Å². The van der Waals surface area contributed by atoms with E-state index < -0.39 is 8.32 Å². The van der Waals surface area contributed by atoms with Gasteiger partial charge in [-0.2, -0.15) is 0 Å². The fourth-order valence-corrected chi connectivity index (χ4v) is 8.42. The van der Waals surface area contributed by atoms with Crippen molar-refractivity contribution >= 4 is 29.7 Å². The van der Waals surface area contributed by atoms with E-state index in [0.717, 1.165) is 16.8 Å². The number of H-pyrrole nitrogens is 1. The van der Waals surface area contributed by atoms with E-state index in [9.17, 15) is 0 Å². The number of nitrogens with zero attached hydrogens (tertiary/aromatic N) is 1. The second-order valence-corrected chi connectivity index (χ2v) is 12.4. The zero-order valence-corrected chi connectivity index (χ0v) is 18.3. The predicted molar refractivity (Wildman–Crippen MR) is 121 cm³/mol. The molecule has 0 radical (unpaired) electrons. The number of ether oxygens (including phenoxy) is 1. The van der Waals surface area contributed by atoms with Crippen LogP contribution in [0.1, 0.15) is 20.8 Å². The van der Waals surface area contributed by atoms with Crippen molar-refractivity contribution < 1.29 is 9.16 Å². The minimum absolute atomic E-state index is 0.121. The van der Waals surface area contributed by atoms with E-state index in [-0.39, 0.29) is 5.04 Å². The zero-order valence-electron chi connectivity index (χ0n) is 17.3. The lowest BCUT2D eigenvalue weighted by atomic mass is 10.2. The molecule has 0 saturated heterocycles. The molecule has 3 aromatic carbocycles. The SMILES string of the molecule is COc1cc2nc[nH]c2cc1O[Si](c1ccccc1)(c1ccccc1)C(C)(C)C. The average Bonchev–Trinajstić information content (AvgIpc) is 3.19. The van der Waals surface area contributed by atoms with Gasteiger partial charge in [0.2, 0.25) is 0 Å². The first-order chi connectivity index (χ1) is 14.0. The first-order valence-corrected chi connectivity index (χ1v) is 11.7. The van der Waals surface area contributed by atoms with Crippen molar-refractivity contribution in [2.75, 3.05) is 7.11 Å². The Labute approximate surface area is 172 Å². The number of methoxy groups -OCH3 is 1. The van der Waals surface area contributed by atoms with Gasteiger partial charge in [0.05, 0.1) is 24.5 Å². The molecular formula is C24H26N2O2Si. The second-order valence-electron chi connectivity index (χ2n) is 8.19. The van der Waals surface area contributed by atoms with E-state index in [1.165, 1.54) is 10.4 Å². The number of aromatic amines is 1. The summed E-state index contributed by atoms with van der Waals surface area (Å²) in [5.41, 5.74) is 1.79. The Hall–Kier alpha value is -3.05. The van der Waals surface area contributed by atoms with Crippen molar-refractivity contribution in [2.45, 2.75) is 25.8 Å². The normalized spacial score (nSPS) is 12.1. The Balaban J connectivity index is 1.99. The predicted octanol–water partition coefficient (Wildman–Crippen LogP) is 4.51. The molecular weight excluding hydrogens is 376 g/mol. The van der Waals surface area contributed by atoms with E-state index in [0.29, 0.717) is 5.75 Å². The van der Waals surface area contributed by atoms with E-state index in [1.807, 2.05) is 24.3 Å². The number of imidazole rings is 1. The fraction of sp³-hybridized carbons (Fsp3) is 0.208. The largest absolute Gasteiger partial charge is 0.531 e. The monoisotopic (exact) mass is 402 g/mol. The topological polar surface area (TPSA) is 47.1 Å². The van der Waals surface area contributed by atoms with Crippen molar-refractivity contribution in [3.05, 3.63) is 79.1 Å². The van der Waals surface area contributed by atoms with E-state index in [4.69, 9.17) is 9.16 Å². The lowest BCUT2D eigenvalue weighted by molar-refractivity contribution is 0.389. The van der Waals surface area contributed by atoms with Gasteiger partial charge in [0.15, 0.2) is 5.75 Å². The van der Waals surface area contributed by atoms with Crippen LogP contribution in [0.15, 0.2) is 79.1 Å². The minimum atomic E-state index is -2.72. The summed E-state index contributed by atoms with van der Waals surface area (Å²) in [6.07, 6.45) is 1.69. The number of nitrogens with one attached hydrogen (secondary N) is 1. The molecule has 0 aliphatic heterocycles. The van der Waals surface area contributed by atoms with Gasteiger partial charge in [-0.15, -0.1) is 0 Å². The van der Waals surface area contributed by atoms with Gasteiger partial charge in [0.1, 0.15) is 5.75 Å². The van der Waals surface area contributed by atoms with Gasteiger partial charge in [-0.05, 0) is 15.4 Å². The van der Waals surface area contributed by atoms with Crippen molar-refractivity contribution in [2.24, 2.45) is 0 Å². The molecule has 29 heavy (non-hydrogen) atoms. The molecule has 0 aliphatic rings. The molecule has 0 saturated carbocycles. The van der Waals surface area contributed by atoms with Gasteiger partial charge in [0, 0.05) is 12.1 Å². The van der Waals surface area contributed by atoms with Crippen LogP contribution in [0.25, 0.3) is 11.0 Å². The van der Waals surface area contributed by atoms with Gasteiger partial charge in [-0.3, -0.25) is 0 Å². The van der Waals surface area contributed by atoms with Crippen LogP contribution in [0.4, 0.5) is 0 Å². The lowest BCUT2D eigenvalue weighted by Gasteiger charge is -2.43. The van der Waals surface area contributed by atoms with Crippen LogP contribution in [-0.4, -0.2) is 25.4 Å². The Morgan fingerprint density at radius 2 is 1.41 bits per heavy atom. The molecule has 1 heterocycles. The van der Waals surface area contributed by atoms with Crippen molar-refractivity contribution in [3.63, 3.8) is 0 Å². The Kier molecular flexibility index (Phi) is 4.92. The van der Waals surface area contributed by atoms with Gasteiger partial charge in [-0.1, -0.05) is 81.4 Å². The fourth-order valence-electron chi connectivity index (χ4n) is 4.00. The van der Waals surface area contributed by atoms with Crippen molar-refractivity contribution in [3.8, 4) is 11.5 Å². The van der Waals surface area contributed by atoms with Gasteiger partial charge < -0.3 is 14.1 Å². The summed E-state index contributed by atoms with van der Waals surface area (Å²) in [4.78, 5) is 7.53. The second kappa shape index (κ2) is 7.41. The van der Waals surface area contributed by atoms with Crippen LogP contribution >= 0.6 is 0 Å². The molecule has 0 atom stereocenters. The Morgan fingerprint density at radius 1 is 0.828 bits per heavy atom. The first kappa shape index (κ1) is 19.3. The third kappa shape index (κ3) is 3.32. The van der Waals surface area contributed by atoms with Crippen LogP contribution < -0.4 is 19.5 Å². The molecule has 148 valence electrons. The lowest BCUT2D eigenvalue weighted by Crippen LogP contribution is -2.68. The van der Waals surface area contributed by atoms with E-state index in [2.05, 4.69) is 79.3 Å². The summed E-state index contributed by atoms with van der Waals surface area (Å²) in [5, 5.41) is 2.33. The van der Waals surface area contributed by atoms with Crippen LogP contribution in [-0.2, 0) is 0 Å². The highest BCUT2D eigenvalue weighted by Gasteiger charge is 2.52. The number of aromatic nitrogens is 2. The van der Waals surface area contributed by atoms with E-state index >= 15 is 0 Å². The first-order valence-electron chi connectivity index (χ1n) is 9.77. The molecule has 0 aliphatic carbocycles. The highest BCUT2D eigenvalue weighted by atomic mass is 28.4. The summed E-state index contributed by atoms with van der Waals surface area (Å²) in [6, 6.07) is 25.1. The van der Waals surface area contributed by atoms with Gasteiger partial charge >= 0.3 is 8.32 Å². The molecule has 0 amide bonds. The maximum absolute atomic E-state index is 7.10. The molecule has 4 aromatic rings. The molecule has 0 fully saturated rings. The summed E-state index contributed by atoms with van der Waals surface area (Å²) in [7, 11) is -1.05. The van der Waals surface area contributed by atoms with Crippen molar-refractivity contribution in [1.29, 1.82) is 0 Å². The molecule has 0 bridgehead atoms. The minimum Gasteiger partial charge on any atom is -0.531 e. The van der Waals surface area contributed by atoms with Crippen LogP contribution in [0.5, 0.6) is 11.5 Å². The summed E-state index contributed by atoms with van der Waals surface area (Å²) >= 11 is 0. The smallest absolute Gasteiger partial charge is 0.320 e.